The summed E-state index contributed by atoms with van der Waals surface area (Å²) in [7, 11) is -12.3. The number of hydrogen-bond donors (Lipinski definition) is 0. The van der Waals surface area contributed by atoms with Crippen LogP contribution in [-0.2, 0) is 27.9 Å². The molecule has 0 fully saturated rings. The summed E-state index contributed by atoms with van der Waals surface area (Å²) in [6.07, 6.45) is -7.24. The van der Waals surface area contributed by atoms with E-state index in [2.05, 4.69) is 4.18 Å². The van der Waals surface area contributed by atoms with E-state index in [1.54, 1.807) is 0 Å². The normalized spacial score (nSPS) is 15.8. The summed E-state index contributed by atoms with van der Waals surface area (Å²) >= 11 is 0. The zero-order chi connectivity index (χ0) is 25.3. The van der Waals surface area contributed by atoms with Crippen molar-refractivity contribution in [3.05, 3.63) is 11.1 Å². The van der Waals surface area contributed by atoms with Gasteiger partial charge in [0.15, 0.2) is 0 Å². The quantitative estimate of drug-likeness (QED) is 0.146. The third kappa shape index (κ3) is 5.50. The molecule has 0 aromatic heterocycles. The van der Waals surface area contributed by atoms with Gasteiger partial charge < -0.3 is 13.2 Å². The summed E-state index contributed by atoms with van der Waals surface area (Å²) in [5.74, 6) is -15.8. The van der Waals surface area contributed by atoms with Crippen molar-refractivity contribution in [1.29, 1.82) is 0 Å². The van der Waals surface area contributed by atoms with E-state index in [-0.39, 0.29) is 0 Å². The van der Waals surface area contributed by atoms with Crippen molar-refractivity contribution < 1.29 is 65.7 Å². The first-order valence-corrected chi connectivity index (χ1v) is 11.3. The molecule has 17 heteroatoms. The van der Waals surface area contributed by atoms with E-state index in [1.807, 2.05) is 0 Å². The minimum atomic E-state index is -7.50. The Labute approximate surface area is 172 Å². The highest BCUT2D eigenvalue weighted by Crippen LogP contribution is 2.61. The van der Waals surface area contributed by atoms with Crippen LogP contribution in [0.15, 0.2) is 11.1 Å². The zero-order valence-electron chi connectivity index (χ0n) is 16.7. The van der Waals surface area contributed by atoms with Crippen LogP contribution in [0.2, 0.25) is 0 Å². The second-order valence-corrected chi connectivity index (χ2v) is 9.68. The van der Waals surface area contributed by atoms with Crippen LogP contribution in [0.5, 0.6) is 0 Å². The van der Waals surface area contributed by atoms with Crippen LogP contribution in [-0.4, -0.2) is 44.9 Å². The highest BCUT2D eigenvalue weighted by Gasteiger charge is 2.86. The molecule has 0 saturated heterocycles. The second kappa shape index (κ2) is 9.48. The highest BCUT2D eigenvalue weighted by atomic mass is 32.2. The molecule has 0 amide bonds. The number of rotatable bonds is 11. The smallest absolute Gasteiger partial charge is 0.369 e. The molecule has 0 aromatic carbocycles. The molecule has 0 aliphatic carbocycles. The first-order chi connectivity index (χ1) is 13.6. The fraction of sp³-hybridized carbons (Fsp3) is 0.857. The number of halogens is 9. The van der Waals surface area contributed by atoms with E-state index in [1.165, 1.54) is 27.7 Å². The van der Waals surface area contributed by atoms with Gasteiger partial charge in [-0.2, -0.15) is 47.9 Å². The van der Waals surface area contributed by atoms with Crippen LogP contribution < -0.4 is 0 Å². The van der Waals surface area contributed by atoms with Gasteiger partial charge in [-0.25, -0.2) is 0 Å². The molecule has 0 heterocycles. The molecule has 0 atom stereocenters. The molecule has 31 heavy (non-hydrogen) atoms. The van der Waals surface area contributed by atoms with Gasteiger partial charge in [0.05, 0.1) is 13.2 Å². The first kappa shape index (κ1) is 30.0. The predicted octanol–water partition coefficient (Wildman–Crippen LogP) is 5.91. The Morgan fingerprint density at radius 2 is 1.26 bits per heavy atom. The lowest BCUT2D eigenvalue weighted by Crippen LogP contribution is -2.63. The molecule has 0 bridgehead atoms. The average Bonchev–Trinajstić information content (AvgIpc) is 2.57. The van der Waals surface area contributed by atoms with E-state index in [0.717, 1.165) is 6.92 Å². The first-order valence-electron chi connectivity index (χ1n) is 8.32. The fourth-order valence-corrected chi connectivity index (χ4v) is 4.97. The van der Waals surface area contributed by atoms with E-state index >= 15 is 0 Å². The Balaban J connectivity index is 6.78. The molecule has 0 spiro atoms. The molecule has 186 valence electrons. The maximum Gasteiger partial charge on any atom is 0.460 e. The SMILES string of the molecule is CCOP(=O)(OCC)/C(OS(=O)(=O)C(F)(F)C(F)(F)C(F)(F)C(F)(F)F)=C(\C)C(C)C. The molecule has 0 aliphatic heterocycles. The summed E-state index contributed by atoms with van der Waals surface area (Å²) in [6.45, 7) is 4.86. The topological polar surface area (TPSA) is 78.9 Å². The molecule has 0 radical (unpaired) electrons. The minimum absolute atomic E-state index is 0.462. The van der Waals surface area contributed by atoms with Crippen molar-refractivity contribution >= 4 is 17.7 Å². The summed E-state index contributed by atoms with van der Waals surface area (Å²) in [4.78, 5) is 0. The summed E-state index contributed by atoms with van der Waals surface area (Å²) in [5.41, 5.74) is -2.02. The lowest BCUT2D eigenvalue weighted by atomic mass is 10.1. The molecular formula is C14H20F9O6PS. The number of allylic oxidation sites excluding steroid dienone is 1. The number of hydrogen-bond acceptors (Lipinski definition) is 6. The van der Waals surface area contributed by atoms with Crippen LogP contribution in [0.25, 0.3) is 0 Å². The van der Waals surface area contributed by atoms with Gasteiger partial charge in [-0.1, -0.05) is 13.8 Å². The van der Waals surface area contributed by atoms with Gasteiger partial charge in [-0.3, -0.25) is 4.57 Å². The largest absolute Gasteiger partial charge is 0.460 e. The van der Waals surface area contributed by atoms with Crippen molar-refractivity contribution in [2.24, 2.45) is 5.92 Å². The van der Waals surface area contributed by atoms with E-state index in [9.17, 15) is 52.5 Å². The molecule has 0 saturated carbocycles. The van der Waals surface area contributed by atoms with Gasteiger partial charge >= 0.3 is 41.0 Å². The average molecular weight is 518 g/mol. The molecule has 0 aromatic rings. The van der Waals surface area contributed by atoms with E-state index in [0.29, 0.717) is 0 Å². The van der Waals surface area contributed by atoms with E-state index in [4.69, 9.17) is 9.05 Å². The molecule has 0 N–H and O–H groups in total. The maximum absolute atomic E-state index is 14.0. The molecule has 0 unspecified atom stereocenters. The summed E-state index contributed by atoms with van der Waals surface area (Å²) in [6, 6.07) is 0. The van der Waals surface area contributed by atoms with Crippen LogP contribution >= 0.6 is 7.60 Å². The summed E-state index contributed by atoms with van der Waals surface area (Å²) < 4.78 is 168. The monoisotopic (exact) mass is 518 g/mol. The minimum Gasteiger partial charge on any atom is -0.369 e. The molecular weight excluding hydrogens is 498 g/mol. The Kier molecular flexibility index (Phi) is 9.17. The Bertz CT molecular complexity index is 811. The van der Waals surface area contributed by atoms with Crippen molar-refractivity contribution in [3.8, 4) is 0 Å². The van der Waals surface area contributed by atoms with Crippen molar-refractivity contribution in [3.63, 3.8) is 0 Å². The Morgan fingerprint density at radius 1 is 0.871 bits per heavy atom. The fourth-order valence-electron chi connectivity index (χ4n) is 1.74. The van der Waals surface area contributed by atoms with Gasteiger partial charge in [0.1, 0.15) is 0 Å². The maximum atomic E-state index is 14.0. The lowest BCUT2D eigenvalue weighted by Gasteiger charge is -2.33. The van der Waals surface area contributed by atoms with Crippen molar-refractivity contribution in [1.82, 2.24) is 0 Å². The van der Waals surface area contributed by atoms with Gasteiger partial charge in [0.2, 0.25) is 5.50 Å². The summed E-state index contributed by atoms with van der Waals surface area (Å²) in [5, 5.41) is -7.12. The van der Waals surface area contributed by atoms with Crippen LogP contribution in [0.3, 0.4) is 0 Å². The number of alkyl halides is 9. The van der Waals surface area contributed by atoms with Gasteiger partial charge in [-0.15, -0.1) is 0 Å². The molecule has 0 aliphatic rings. The second-order valence-electron chi connectivity index (χ2n) is 6.18. The third-order valence-corrected chi connectivity index (χ3v) is 7.20. The van der Waals surface area contributed by atoms with Crippen LogP contribution in [0.1, 0.15) is 34.6 Å². The van der Waals surface area contributed by atoms with Gasteiger partial charge in [0.25, 0.3) is 0 Å². The van der Waals surface area contributed by atoms with Gasteiger partial charge in [-0.05, 0) is 32.3 Å². The standard InChI is InChI=1S/C14H20F9O6PS/c1-6-27-30(24,28-7-2)10(9(5)8(3)4)29-31(25,26)14(22,23)12(17,18)11(15,16)13(19,20)21/h8H,6-7H2,1-5H3/b10-9+. The predicted molar refractivity (Wildman–Crippen MR) is 89.3 cm³/mol. The van der Waals surface area contributed by atoms with Gasteiger partial charge in [0, 0.05) is 0 Å². The third-order valence-electron chi connectivity index (χ3n) is 3.67. The van der Waals surface area contributed by atoms with E-state index < -0.39 is 71.2 Å². The van der Waals surface area contributed by atoms with Crippen LogP contribution in [0.4, 0.5) is 39.5 Å². The van der Waals surface area contributed by atoms with Crippen LogP contribution in [0, 0.1) is 5.92 Å². The molecule has 0 rings (SSSR count). The molecule has 6 nitrogen and oxygen atoms in total. The van der Waals surface area contributed by atoms with Crippen molar-refractivity contribution in [2.45, 2.75) is 57.9 Å². The Hall–Kier alpha value is -0.990. The highest BCUT2D eigenvalue weighted by molar-refractivity contribution is 7.88. The Morgan fingerprint density at radius 3 is 1.55 bits per heavy atom. The van der Waals surface area contributed by atoms with Crippen molar-refractivity contribution in [2.75, 3.05) is 13.2 Å². The lowest BCUT2D eigenvalue weighted by molar-refractivity contribution is -0.382. The zero-order valence-corrected chi connectivity index (χ0v) is 18.4.